The minimum absolute atomic E-state index is 0.178. The van der Waals surface area contributed by atoms with Crippen molar-refractivity contribution in [2.75, 3.05) is 37.7 Å². The summed E-state index contributed by atoms with van der Waals surface area (Å²) in [6, 6.07) is 12.7. The highest BCUT2D eigenvalue weighted by molar-refractivity contribution is 6.30. The van der Waals surface area contributed by atoms with Gasteiger partial charge in [0.25, 0.3) is 0 Å². The molecule has 2 aromatic rings. The van der Waals surface area contributed by atoms with Crippen molar-refractivity contribution in [3.05, 3.63) is 64.9 Å². The fourth-order valence-electron chi connectivity index (χ4n) is 3.95. The molecule has 0 aliphatic carbocycles. The molecule has 1 amide bonds. The van der Waals surface area contributed by atoms with E-state index in [1.54, 1.807) is 43.3 Å². The molecule has 0 bridgehead atoms. The summed E-state index contributed by atoms with van der Waals surface area (Å²) in [5, 5.41) is 3.35. The number of rotatable bonds is 4. The first-order chi connectivity index (χ1) is 15.5. The van der Waals surface area contributed by atoms with Gasteiger partial charge in [0.2, 0.25) is 11.9 Å². The minimum atomic E-state index is -1.07. The molecule has 2 atom stereocenters. The van der Waals surface area contributed by atoms with Gasteiger partial charge < -0.3 is 14.5 Å². The van der Waals surface area contributed by atoms with Gasteiger partial charge in [-0.25, -0.2) is 9.38 Å². The number of ether oxygens (including phenoxy) is 1. The lowest BCUT2D eigenvalue weighted by Crippen LogP contribution is -2.57. The molecule has 7 nitrogen and oxygen atoms in total. The normalized spacial score (nSPS) is 21.1. The number of carbonyl (C=O) groups is 2. The summed E-state index contributed by atoms with van der Waals surface area (Å²) >= 11 is 6.01. The number of nitrogens with zero attached hydrogens (tertiary/aromatic N) is 3. The summed E-state index contributed by atoms with van der Waals surface area (Å²) in [6.45, 7) is 4.49. The van der Waals surface area contributed by atoms with Crippen LogP contribution in [0.15, 0.2) is 53.5 Å². The molecule has 4 rings (SSSR count). The van der Waals surface area contributed by atoms with Gasteiger partial charge in [-0.2, -0.15) is 0 Å². The van der Waals surface area contributed by atoms with Crippen LogP contribution in [-0.4, -0.2) is 55.5 Å². The second kappa shape index (κ2) is 9.56. The van der Waals surface area contributed by atoms with E-state index in [1.807, 2.05) is 4.90 Å². The number of aliphatic imine (C=N–C) groups is 1. The highest BCUT2D eigenvalue weighted by Gasteiger charge is 2.42. The van der Waals surface area contributed by atoms with Crippen molar-refractivity contribution in [2.45, 2.75) is 13.0 Å². The fourth-order valence-corrected chi connectivity index (χ4v) is 4.08. The molecular weight excluding hydrogens is 435 g/mol. The van der Waals surface area contributed by atoms with Crippen molar-refractivity contribution < 1.29 is 18.7 Å². The average molecular weight is 459 g/mol. The van der Waals surface area contributed by atoms with Gasteiger partial charge in [-0.05, 0) is 48.9 Å². The van der Waals surface area contributed by atoms with Crippen LogP contribution in [0.1, 0.15) is 18.5 Å². The van der Waals surface area contributed by atoms with E-state index in [-0.39, 0.29) is 12.4 Å². The Morgan fingerprint density at radius 1 is 1.09 bits per heavy atom. The van der Waals surface area contributed by atoms with Crippen LogP contribution in [0.4, 0.5) is 10.1 Å². The molecular formula is C23H24ClFN4O3. The third-order valence-electron chi connectivity index (χ3n) is 5.62. The summed E-state index contributed by atoms with van der Waals surface area (Å²) < 4.78 is 18.3. The van der Waals surface area contributed by atoms with E-state index >= 15 is 0 Å². The lowest BCUT2D eigenvalue weighted by molar-refractivity contribution is -0.153. The molecule has 2 heterocycles. The van der Waals surface area contributed by atoms with Crippen LogP contribution < -0.4 is 10.2 Å². The molecule has 0 radical (unpaired) electrons. The van der Waals surface area contributed by atoms with Crippen molar-refractivity contribution in [1.29, 1.82) is 0 Å². The Morgan fingerprint density at radius 2 is 1.72 bits per heavy atom. The first-order valence-corrected chi connectivity index (χ1v) is 10.9. The SMILES string of the molecule is CCOC(=O)C1C(=O)NC(N2CCN(c3ccc(F)cc3)CC2)=NC1c1ccc(Cl)cc1. The zero-order valence-electron chi connectivity index (χ0n) is 17.6. The molecule has 1 saturated heterocycles. The Balaban J connectivity index is 1.55. The molecule has 2 aliphatic heterocycles. The third-order valence-corrected chi connectivity index (χ3v) is 5.87. The molecule has 0 spiro atoms. The largest absolute Gasteiger partial charge is 0.465 e. The smallest absolute Gasteiger partial charge is 0.321 e. The quantitative estimate of drug-likeness (QED) is 0.563. The lowest BCUT2D eigenvalue weighted by Gasteiger charge is -2.39. The average Bonchev–Trinajstić information content (AvgIpc) is 2.80. The summed E-state index contributed by atoms with van der Waals surface area (Å²) in [6.07, 6.45) is 0. The highest BCUT2D eigenvalue weighted by Crippen LogP contribution is 2.32. The van der Waals surface area contributed by atoms with Crippen LogP contribution in [-0.2, 0) is 14.3 Å². The number of halogens is 2. The van der Waals surface area contributed by atoms with E-state index < -0.39 is 23.8 Å². The number of hydrogen-bond donors (Lipinski definition) is 1. The maximum absolute atomic E-state index is 13.2. The van der Waals surface area contributed by atoms with E-state index in [4.69, 9.17) is 21.3 Å². The number of nitrogens with one attached hydrogen (secondary N) is 1. The summed E-state index contributed by atoms with van der Waals surface area (Å²) in [5.74, 6) is -1.94. The molecule has 1 fully saturated rings. The third kappa shape index (κ3) is 4.70. The van der Waals surface area contributed by atoms with Crippen molar-refractivity contribution in [1.82, 2.24) is 10.2 Å². The maximum atomic E-state index is 13.2. The number of carbonyl (C=O) groups excluding carboxylic acids is 2. The van der Waals surface area contributed by atoms with E-state index in [0.29, 0.717) is 42.7 Å². The Hall–Kier alpha value is -3.13. The number of amides is 1. The van der Waals surface area contributed by atoms with Crippen LogP contribution in [0, 0.1) is 11.7 Å². The zero-order chi connectivity index (χ0) is 22.7. The lowest BCUT2D eigenvalue weighted by atomic mass is 9.91. The number of benzene rings is 2. The number of anilines is 1. The zero-order valence-corrected chi connectivity index (χ0v) is 18.4. The molecule has 168 valence electrons. The predicted octanol–water partition coefficient (Wildman–Crippen LogP) is 3.01. The van der Waals surface area contributed by atoms with Gasteiger partial charge in [-0.1, -0.05) is 23.7 Å². The molecule has 0 saturated carbocycles. The van der Waals surface area contributed by atoms with Crippen molar-refractivity contribution in [3.8, 4) is 0 Å². The van der Waals surface area contributed by atoms with Gasteiger partial charge in [0.1, 0.15) is 11.9 Å². The topological polar surface area (TPSA) is 74.2 Å². The summed E-state index contributed by atoms with van der Waals surface area (Å²) in [4.78, 5) is 34.4. The Morgan fingerprint density at radius 3 is 2.34 bits per heavy atom. The van der Waals surface area contributed by atoms with Crippen LogP contribution in [0.25, 0.3) is 0 Å². The van der Waals surface area contributed by atoms with Gasteiger partial charge >= 0.3 is 5.97 Å². The second-order valence-corrected chi connectivity index (χ2v) is 8.06. The monoisotopic (exact) mass is 458 g/mol. The van der Waals surface area contributed by atoms with Crippen LogP contribution in [0.2, 0.25) is 5.02 Å². The molecule has 2 aromatic carbocycles. The summed E-state index contributed by atoms with van der Waals surface area (Å²) in [7, 11) is 0. The van der Waals surface area contributed by atoms with E-state index in [1.165, 1.54) is 12.1 Å². The van der Waals surface area contributed by atoms with Gasteiger partial charge in [0, 0.05) is 36.9 Å². The molecule has 2 unspecified atom stereocenters. The Bertz CT molecular complexity index is 1000. The van der Waals surface area contributed by atoms with Crippen LogP contribution in [0.5, 0.6) is 0 Å². The van der Waals surface area contributed by atoms with Crippen LogP contribution >= 0.6 is 11.6 Å². The van der Waals surface area contributed by atoms with Crippen molar-refractivity contribution in [3.63, 3.8) is 0 Å². The van der Waals surface area contributed by atoms with Gasteiger partial charge in [0.15, 0.2) is 5.92 Å². The minimum Gasteiger partial charge on any atom is -0.465 e. The first kappa shape index (κ1) is 22.1. The van der Waals surface area contributed by atoms with Gasteiger partial charge in [0.05, 0.1) is 6.61 Å². The maximum Gasteiger partial charge on any atom is 0.321 e. The predicted molar refractivity (Wildman–Crippen MR) is 120 cm³/mol. The molecule has 1 N–H and O–H groups in total. The molecule has 0 aromatic heterocycles. The number of piperazine rings is 1. The number of hydrogen-bond acceptors (Lipinski definition) is 6. The number of esters is 1. The Labute approximate surface area is 190 Å². The fraction of sp³-hybridized carbons (Fsp3) is 0.348. The second-order valence-electron chi connectivity index (χ2n) is 7.62. The van der Waals surface area contributed by atoms with Crippen molar-refractivity contribution in [2.24, 2.45) is 10.9 Å². The Kier molecular flexibility index (Phi) is 6.60. The van der Waals surface area contributed by atoms with E-state index in [9.17, 15) is 14.0 Å². The molecule has 32 heavy (non-hydrogen) atoms. The van der Waals surface area contributed by atoms with Gasteiger partial charge in [-0.3, -0.25) is 14.9 Å². The highest BCUT2D eigenvalue weighted by atomic mass is 35.5. The van der Waals surface area contributed by atoms with Crippen LogP contribution in [0.3, 0.4) is 0 Å². The molecule has 2 aliphatic rings. The van der Waals surface area contributed by atoms with E-state index in [2.05, 4.69) is 10.2 Å². The molecule has 9 heteroatoms. The van der Waals surface area contributed by atoms with Crippen molar-refractivity contribution >= 4 is 35.1 Å². The number of guanidine groups is 1. The summed E-state index contributed by atoms with van der Waals surface area (Å²) in [5.41, 5.74) is 1.66. The van der Waals surface area contributed by atoms with Gasteiger partial charge in [-0.15, -0.1) is 0 Å². The first-order valence-electron chi connectivity index (χ1n) is 10.5. The van der Waals surface area contributed by atoms with E-state index in [0.717, 1.165) is 5.69 Å². The standard InChI is InChI=1S/C23H24ClFN4O3/c1-2-32-22(31)19-20(15-3-5-16(24)6-4-15)26-23(27-21(19)30)29-13-11-28(12-14-29)18-9-7-17(25)8-10-18/h3-10,19-20H,2,11-14H2,1H3,(H,26,27,30).